The van der Waals surface area contributed by atoms with Crippen molar-refractivity contribution in [2.24, 2.45) is 0 Å². The number of carbonyl (C=O) groups excluding carboxylic acids is 1. The number of anilines is 1. The van der Waals surface area contributed by atoms with Crippen LogP contribution in [0.3, 0.4) is 0 Å². The van der Waals surface area contributed by atoms with E-state index >= 15 is 0 Å². The first-order valence-electron chi connectivity index (χ1n) is 7.41. The van der Waals surface area contributed by atoms with E-state index in [2.05, 4.69) is 37.9 Å². The molecule has 0 radical (unpaired) electrons. The van der Waals surface area contributed by atoms with Gasteiger partial charge in [0.2, 0.25) is 10.0 Å². The number of rotatable bonds is 6. The Morgan fingerprint density at radius 3 is 2.42 bits per heavy atom. The molecule has 0 aromatic heterocycles. The van der Waals surface area contributed by atoms with Crippen LogP contribution in [0.4, 0.5) is 5.69 Å². The zero-order chi connectivity index (χ0) is 19.2. The van der Waals surface area contributed by atoms with E-state index in [0.29, 0.717) is 15.7 Å². The molecule has 0 saturated heterocycles. The number of amides is 1. The molecule has 0 bridgehead atoms. The Morgan fingerprint density at radius 1 is 1.15 bits per heavy atom. The molecule has 2 rings (SSSR count). The summed E-state index contributed by atoms with van der Waals surface area (Å²) in [4.78, 5) is 12.3. The molecule has 0 aliphatic carbocycles. The number of hydrogen-bond donors (Lipinski definition) is 3. The zero-order valence-corrected chi connectivity index (χ0v) is 16.7. The third kappa shape index (κ3) is 5.46. The summed E-state index contributed by atoms with van der Waals surface area (Å²) in [5.41, 5.74) is 0.997. The van der Waals surface area contributed by atoms with Crippen LogP contribution in [0.2, 0.25) is 0 Å². The first-order valence-corrected chi connectivity index (χ1v) is 10.1. The summed E-state index contributed by atoms with van der Waals surface area (Å²) in [6, 6.07) is 13.0. The number of halogens is 1. The van der Waals surface area contributed by atoms with Gasteiger partial charge in [-0.1, -0.05) is 18.2 Å². The average Bonchev–Trinajstić information content (AvgIpc) is 2.60. The Hall–Kier alpha value is -2.07. The van der Waals surface area contributed by atoms with Gasteiger partial charge < -0.3 is 5.32 Å². The molecule has 2 aromatic rings. The molecule has 136 valence electrons. The van der Waals surface area contributed by atoms with Gasteiger partial charge in [-0.15, -0.1) is 6.58 Å². The highest BCUT2D eigenvalue weighted by Crippen LogP contribution is 2.16. The molecule has 6 nitrogen and oxygen atoms in total. The fourth-order valence-electron chi connectivity index (χ4n) is 1.95. The quantitative estimate of drug-likeness (QED) is 0.462. The summed E-state index contributed by atoms with van der Waals surface area (Å²) in [6.07, 6.45) is 1.46. The van der Waals surface area contributed by atoms with Crippen LogP contribution >= 0.6 is 28.1 Å². The van der Waals surface area contributed by atoms with E-state index in [0.717, 1.165) is 0 Å². The second kappa shape index (κ2) is 9.04. The molecule has 0 unspecified atom stereocenters. The lowest BCUT2D eigenvalue weighted by Gasteiger charge is -2.11. The summed E-state index contributed by atoms with van der Waals surface area (Å²) < 4.78 is 27.0. The van der Waals surface area contributed by atoms with Crippen LogP contribution in [0.15, 0.2) is 70.6 Å². The molecule has 26 heavy (non-hydrogen) atoms. The maximum Gasteiger partial charge on any atom is 0.258 e. The molecule has 3 N–H and O–H groups in total. The fourth-order valence-corrected chi connectivity index (χ4v) is 3.62. The van der Waals surface area contributed by atoms with Crippen LogP contribution in [0.25, 0.3) is 0 Å². The van der Waals surface area contributed by atoms with Crippen molar-refractivity contribution in [2.75, 3.05) is 11.9 Å². The summed E-state index contributed by atoms with van der Waals surface area (Å²) >= 11 is 8.42. The number of sulfonamides is 1. The minimum atomic E-state index is -3.58. The van der Waals surface area contributed by atoms with Crippen LogP contribution in [-0.2, 0) is 10.0 Å². The van der Waals surface area contributed by atoms with Crippen molar-refractivity contribution in [3.63, 3.8) is 0 Å². The Kier molecular flexibility index (Phi) is 7.04. The number of hydrogen-bond acceptors (Lipinski definition) is 4. The molecule has 0 aliphatic heterocycles. The first-order chi connectivity index (χ1) is 12.3. The predicted molar refractivity (Wildman–Crippen MR) is 110 cm³/mol. The lowest BCUT2D eigenvalue weighted by molar-refractivity contribution is 0.0977. The minimum absolute atomic E-state index is 0.103. The molecule has 1 amide bonds. The molecule has 0 heterocycles. The van der Waals surface area contributed by atoms with E-state index < -0.39 is 10.0 Å². The molecular weight excluding hydrogens is 438 g/mol. The Morgan fingerprint density at radius 2 is 1.81 bits per heavy atom. The Labute approximate surface area is 165 Å². The van der Waals surface area contributed by atoms with Crippen molar-refractivity contribution in [2.45, 2.75) is 4.90 Å². The maximum absolute atomic E-state index is 12.2. The first kappa shape index (κ1) is 20.2. The van der Waals surface area contributed by atoms with Crippen LogP contribution in [0.5, 0.6) is 0 Å². The molecule has 0 fully saturated rings. The molecular formula is C17H16BrN3O3S2. The monoisotopic (exact) mass is 453 g/mol. The second-order valence-electron chi connectivity index (χ2n) is 5.05. The molecule has 0 saturated carbocycles. The number of carbonyl (C=O) groups is 1. The molecule has 0 atom stereocenters. The van der Waals surface area contributed by atoms with E-state index in [4.69, 9.17) is 12.2 Å². The van der Waals surface area contributed by atoms with Gasteiger partial charge in [0, 0.05) is 16.7 Å². The van der Waals surface area contributed by atoms with E-state index in [9.17, 15) is 13.2 Å². The van der Waals surface area contributed by atoms with Crippen LogP contribution in [-0.4, -0.2) is 26.0 Å². The second-order valence-corrected chi connectivity index (χ2v) is 8.08. The minimum Gasteiger partial charge on any atom is -0.332 e. The lowest BCUT2D eigenvalue weighted by Crippen LogP contribution is -2.34. The standard InChI is InChI=1S/C17H16BrN3O3S2/c1-2-11-19-26(23,24)13-9-7-12(8-10-13)20-17(25)21-16(22)14-5-3-4-6-15(14)18/h2-10,19H,1,11H2,(H2,20,21,22,25). The molecule has 9 heteroatoms. The zero-order valence-electron chi connectivity index (χ0n) is 13.5. The van der Waals surface area contributed by atoms with Crippen molar-refractivity contribution in [3.05, 3.63) is 71.2 Å². The van der Waals surface area contributed by atoms with E-state index in [-0.39, 0.29) is 22.5 Å². The van der Waals surface area contributed by atoms with Crippen LogP contribution in [0, 0.1) is 0 Å². The van der Waals surface area contributed by atoms with Gasteiger partial charge in [-0.25, -0.2) is 13.1 Å². The highest BCUT2D eigenvalue weighted by Gasteiger charge is 2.13. The molecule has 0 spiro atoms. The van der Waals surface area contributed by atoms with Gasteiger partial charge in [0.1, 0.15) is 0 Å². The van der Waals surface area contributed by atoms with Gasteiger partial charge in [-0.05, 0) is 64.5 Å². The van der Waals surface area contributed by atoms with Crippen molar-refractivity contribution in [1.82, 2.24) is 10.0 Å². The van der Waals surface area contributed by atoms with Gasteiger partial charge in [-0.3, -0.25) is 10.1 Å². The smallest absolute Gasteiger partial charge is 0.258 e. The van der Waals surface area contributed by atoms with E-state index in [1.807, 2.05) is 0 Å². The van der Waals surface area contributed by atoms with Crippen molar-refractivity contribution in [3.8, 4) is 0 Å². The molecule has 0 aliphatic rings. The topological polar surface area (TPSA) is 87.3 Å². The predicted octanol–water partition coefficient (Wildman–Crippen LogP) is 3.04. The van der Waals surface area contributed by atoms with Gasteiger partial charge in [-0.2, -0.15) is 0 Å². The third-order valence-electron chi connectivity index (χ3n) is 3.19. The van der Waals surface area contributed by atoms with Gasteiger partial charge in [0.15, 0.2) is 5.11 Å². The average molecular weight is 454 g/mol. The third-order valence-corrected chi connectivity index (χ3v) is 5.52. The van der Waals surface area contributed by atoms with E-state index in [1.54, 1.807) is 36.4 Å². The highest BCUT2D eigenvalue weighted by molar-refractivity contribution is 9.10. The number of benzene rings is 2. The summed E-state index contributed by atoms with van der Waals surface area (Å²) in [7, 11) is -3.58. The Balaban J connectivity index is 2.00. The molecule has 2 aromatic carbocycles. The van der Waals surface area contributed by atoms with Crippen molar-refractivity contribution < 1.29 is 13.2 Å². The summed E-state index contributed by atoms with van der Waals surface area (Å²) in [5, 5.41) is 5.51. The Bertz CT molecular complexity index is 929. The summed E-state index contributed by atoms with van der Waals surface area (Å²) in [6.45, 7) is 3.61. The largest absolute Gasteiger partial charge is 0.332 e. The summed E-state index contributed by atoms with van der Waals surface area (Å²) in [5.74, 6) is -0.359. The fraction of sp³-hybridized carbons (Fsp3) is 0.0588. The van der Waals surface area contributed by atoms with Crippen molar-refractivity contribution >= 4 is 54.9 Å². The van der Waals surface area contributed by atoms with E-state index in [1.165, 1.54) is 18.2 Å². The van der Waals surface area contributed by atoms with Gasteiger partial charge >= 0.3 is 0 Å². The normalized spacial score (nSPS) is 10.8. The highest BCUT2D eigenvalue weighted by atomic mass is 79.9. The number of nitrogens with one attached hydrogen (secondary N) is 3. The lowest BCUT2D eigenvalue weighted by atomic mass is 10.2. The van der Waals surface area contributed by atoms with Gasteiger partial charge in [0.05, 0.1) is 10.5 Å². The number of thiocarbonyl (C=S) groups is 1. The SMILES string of the molecule is C=CCNS(=O)(=O)c1ccc(NC(=S)NC(=O)c2ccccc2Br)cc1. The maximum atomic E-state index is 12.2. The van der Waals surface area contributed by atoms with Crippen molar-refractivity contribution in [1.29, 1.82) is 0 Å². The van der Waals surface area contributed by atoms with Crippen LogP contribution in [0.1, 0.15) is 10.4 Å². The van der Waals surface area contributed by atoms with Gasteiger partial charge in [0.25, 0.3) is 5.91 Å². The van der Waals surface area contributed by atoms with Crippen LogP contribution < -0.4 is 15.4 Å².